The Morgan fingerprint density at radius 1 is 1.23 bits per heavy atom. The zero-order valence-electron chi connectivity index (χ0n) is 16.0. The normalized spacial score (nSPS) is 12.2. The summed E-state index contributed by atoms with van der Waals surface area (Å²) in [6.45, 7) is 7.75. The van der Waals surface area contributed by atoms with Crippen LogP contribution >= 0.6 is 0 Å². The third-order valence-electron chi connectivity index (χ3n) is 4.54. The average Bonchev–Trinajstić information content (AvgIpc) is 2.88. The Hall–Kier alpha value is -2.89. The summed E-state index contributed by atoms with van der Waals surface area (Å²) in [5.41, 5.74) is 4.95. The molecule has 0 saturated carbocycles. The van der Waals surface area contributed by atoms with E-state index in [1.807, 2.05) is 59.0 Å². The van der Waals surface area contributed by atoms with Gasteiger partial charge in [0.15, 0.2) is 5.65 Å². The molecule has 1 atom stereocenters. The highest BCUT2D eigenvalue weighted by atomic mass is 16.5. The molecule has 0 radical (unpaired) electrons. The van der Waals surface area contributed by atoms with Gasteiger partial charge in [-0.1, -0.05) is 17.7 Å². The fourth-order valence-electron chi connectivity index (χ4n) is 3.29. The van der Waals surface area contributed by atoms with Crippen LogP contribution in [0.2, 0.25) is 0 Å². The Bertz CT molecular complexity index is 991. The van der Waals surface area contributed by atoms with Crippen molar-refractivity contribution in [3.63, 3.8) is 0 Å². The minimum Gasteiger partial charge on any atom is -0.496 e. The number of benzene rings is 1. The lowest BCUT2D eigenvalue weighted by Gasteiger charge is -2.18. The van der Waals surface area contributed by atoms with Crippen LogP contribution in [-0.4, -0.2) is 27.8 Å². The van der Waals surface area contributed by atoms with Gasteiger partial charge in [-0.2, -0.15) is 5.10 Å². The molecule has 0 bridgehead atoms. The van der Waals surface area contributed by atoms with Crippen LogP contribution in [0, 0.1) is 20.8 Å². The number of nitrogens with one attached hydrogen (secondary N) is 1. The van der Waals surface area contributed by atoms with Gasteiger partial charge in [-0.15, -0.1) is 0 Å². The monoisotopic (exact) mass is 352 g/mol. The Kier molecular flexibility index (Phi) is 4.68. The molecule has 26 heavy (non-hydrogen) atoms. The quantitative estimate of drug-likeness (QED) is 0.781. The van der Waals surface area contributed by atoms with E-state index in [1.165, 1.54) is 0 Å². The second-order valence-corrected chi connectivity index (χ2v) is 6.66. The zero-order valence-corrected chi connectivity index (χ0v) is 16.0. The van der Waals surface area contributed by atoms with Crippen molar-refractivity contribution in [2.45, 2.75) is 33.7 Å². The van der Waals surface area contributed by atoms with Crippen molar-refractivity contribution in [1.82, 2.24) is 20.1 Å². The molecule has 0 fully saturated rings. The highest BCUT2D eigenvalue weighted by Gasteiger charge is 2.20. The molecule has 1 N–H and O–H groups in total. The highest BCUT2D eigenvalue weighted by molar-refractivity contribution is 6.06. The van der Waals surface area contributed by atoms with Gasteiger partial charge in [-0.25, -0.2) is 4.98 Å². The number of carbonyl (C=O) groups excluding carboxylic acids is 1. The van der Waals surface area contributed by atoms with E-state index >= 15 is 0 Å². The summed E-state index contributed by atoms with van der Waals surface area (Å²) in [4.78, 5) is 17.5. The molecule has 6 nitrogen and oxygen atoms in total. The summed E-state index contributed by atoms with van der Waals surface area (Å²) < 4.78 is 7.16. The minimum absolute atomic E-state index is 0.146. The highest BCUT2D eigenvalue weighted by Crippen LogP contribution is 2.27. The largest absolute Gasteiger partial charge is 0.496 e. The van der Waals surface area contributed by atoms with E-state index in [2.05, 4.69) is 15.4 Å². The lowest BCUT2D eigenvalue weighted by Crippen LogP contribution is -2.27. The molecule has 0 aliphatic carbocycles. The maximum atomic E-state index is 13.0. The molecule has 0 aliphatic heterocycles. The maximum Gasteiger partial charge on any atom is 0.252 e. The summed E-state index contributed by atoms with van der Waals surface area (Å²) >= 11 is 0. The van der Waals surface area contributed by atoms with E-state index in [9.17, 15) is 4.79 Å². The van der Waals surface area contributed by atoms with Crippen molar-refractivity contribution in [3.05, 3.63) is 52.3 Å². The number of methoxy groups -OCH3 is 1. The molecule has 0 aliphatic rings. The summed E-state index contributed by atoms with van der Waals surface area (Å²) in [6, 6.07) is 7.57. The van der Waals surface area contributed by atoms with Gasteiger partial charge in [0.1, 0.15) is 5.75 Å². The molecule has 1 unspecified atom stereocenters. The molecule has 0 spiro atoms. The van der Waals surface area contributed by atoms with Crippen LogP contribution in [0.25, 0.3) is 11.0 Å². The third kappa shape index (κ3) is 3.14. The molecule has 3 aromatic rings. The minimum atomic E-state index is -0.196. The van der Waals surface area contributed by atoms with Gasteiger partial charge in [-0.05, 0) is 39.8 Å². The molecule has 1 amide bonds. The molecule has 2 heterocycles. The number of ether oxygens (including phenoxy) is 1. The van der Waals surface area contributed by atoms with Crippen LogP contribution in [0.4, 0.5) is 0 Å². The van der Waals surface area contributed by atoms with Crippen LogP contribution in [0.3, 0.4) is 0 Å². The van der Waals surface area contributed by atoms with Crippen LogP contribution in [-0.2, 0) is 7.05 Å². The Balaban J connectivity index is 1.99. The predicted octanol–water partition coefficient (Wildman–Crippen LogP) is 3.39. The number of hydrogen-bond acceptors (Lipinski definition) is 4. The number of rotatable bonds is 4. The van der Waals surface area contributed by atoms with E-state index in [4.69, 9.17) is 4.74 Å². The first kappa shape index (κ1) is 17.9. The number of nitrogens with zero attached hydrogens (tertiary/aromatic N) is 3. The van der Waals surface area contributed by atoms with E-state index in [0.717, 1.165) is 33.7 Å². The average molecular weight is 352 g/mol. The molecule has 1 aromatic carbocycles. The van der Waals surface area contributed by atoms with E-state index < -0.39 is 0 Å². The van der Waals surface area contributed by atoms with Gasteiger partial charge in [-0.3, -0.25) is 9.48 Å². The molecular formula is C20H24N4O2. The first-order valence-electron chi connectivity index (χ1n) is 8.58. The second-order valence-electron chi connectivity index (χ2n) is 6.66. The van der Waals surface area contributed by atoms with Crippen molar-refractivity contribution in [2.24, 2.45) is 7.05 Å². The summed E-state index contributed by atoms with van der Waals surface area (Å²) in [7, 11) is 3.47. The topological polar surface area (TPSA) is 69.0 Å². The smallest absolute Gasteiger partial charge is 0.252 e. The van der Waals surface area contributed by atoms with Gasteiger partial charge in [0.05, 0.1) is 29.8 Å². The number of fused-ring (bicyclic) bond motifs is 1. The lowest BCUT2D eigenvalue weighted by atomic mass is 10.0. The number of hydrogen-bond donors (Lipinski definition) is 1. The fourth-order valence-corrected chi connectivity index (χ4v) is 3.29. The summed E-state index contributed by atoms with van der Waals surface area (Å²) in [5.74, 6) is 0.615. The number of aromatic nitrogens is 3. The van der Waals surface area contributed by atoms with Crippen molar-refractivity contribution in [3.8, 4) is 5.75 Å². The Morgan fingerprint density at radius 2 is 1.96 bits per heavy atom. The third-order valence-corrected chi connectivity index (χ3v) is 4.54. The van der Waals surface area contributed by atoms with E-state index in [-0.39, 0.29) is 11.9 Å². The van der Waals surface area contributed by atoms with E-state index in [1.54, 1.807) is 11.8 Å². The predicted molar refractivity (Wildman–Crippen MR) is 102 cm³/mol. The molecule has 136 valence electrons. The first-order valence-corrected chi connectivity index (χ1v) is 8.58. The van der Waals surface area contributed by atoms with Gasteiger partial charge in [0, 0.05) is 18.3 Å². The number of aryl methyl sites for hydroxylation is 4. The number of pyridine rings is 1. The standard InChI is InChI=1S/C20H24N4O2/c1-11-7-8-17(26-6)15(9-11)13(3)22-20(25)16-10-12(2)21-19-18(16)14(4)23-24(19)5/h7-10,13H,1-6H3,(H,22,25). The van der Waals surface area contributed by atoms with Gasteiger partial charge in [0.25, 0.3) is 5.91 Å². The van der Waals surface area contributed by atoms with Gasteiger partial charge in [0.2, 0.25) is 0 Å². The van der Waals surface area contributed by atoms with Gasteiger partial charge < -0.3 is 10.1 Å². The Morgan fingerprint density at radius 3 is 2.65 bits per heavy atom. The van der Waals surface area contributed by atoms with Crippen LogP contribution in [0.15, 0.2) is 24.3 Å². The Labute approximate surface area is 153 Å². The first-order chi connectivity index (χ1) is 12.3. The van der Waals surface area contributed by atoms with E-state index in [0.29, 0.717) is 11.2 Å². The second kappa shape index (κ2) is 6.78. The molecule has 3 rings (SSSR count). The van der Waals surface area contributed by atoms with Crippen molar-refractivity contribution < 1.29 is 9.53 Å². The molecule has 6 heteroatoms. The fraction of sp³-hybridized carbons (Fsp3) is 0.350. The number of carbonyl (C=O) groups is 1. The summed E-state index contributed by atoms with van der Waals surface area (Å²) in [6.07, 6.45) is 0. The zero-order chi connectivity index (χ0) is 19.0. The van der Waals surface area contributed by atoms with Gasteiger partial charge >= 0.3 is 0 Å². The summed E-state index contributed by atoms with van der Waals surface area (Å²) in [5, 5.41) is 8.28. The molecular weight excluding hydrogens is 328 g/mol. The molecule has 2 aromatic heterocycles. The number of amides is 1. The molecule has 0 saturated heterocycles. The van der Waals surface area contributed by atoms with Crippen LogP contribution in [0.5, 0.6) is 5.75 Å². The van der Waals surface area contributed by atoms with Crippen LogP contribution in [0.1, 0.15) is 45.8 Å². The van der Waals surface area contributed by atoms with Crippen molar-refractivity contribution >= 4 is 16.9 Å². The SMILES string of the molecule is COc1ccc(C)cc1C(C)NC(=O)c1cc(C)nc2c1c(C)nn2C. The van der Waals surface area contributed by atoms with Crippen molar-refractivity contribution in [1.29, 1.82) is 0 Å². The van der Waals surface area contributed by atoms with Crippen molar-refractivity contribution in [2.75, 3.05) is 7.11 Å². The van der Waals surface area contributed by atoms with Crippen LogP contribution < -0.4 is 10.1 Å². The lowest BCUT2D eigenvalue weighted by molar-refractivity contribution is 0.0941. The maximum absolute atomic E-state index is 13.0.